The number of carbonyl (C=O) groups excluding carboxylic acids is 1. The van der Waals surface area contributed by atoms with Crippen LogP contribution in [0, 0.1) is 11.3 Å². The molecule has 134 valence electrons. The predicted molar refractivity (Wildman–Crippen MR) is 100 cm³/mol. The second-order valence-electron chi connectivity index (χ2n) is 4.93. The summed E-state index contributed by atoms with van der Waals surface area (Å²) in [7, 11) is -3.83. The van der Waals surface area contributed by atoms with Crippen molar-refractivity contribution in [1.82, 2.24) is 0 Å². The SMILES string of the molecule is N#C/C(=C/Nc1c(Cl)cccc1Cl)C(=O)Nc1ccc(S(N)(=O)=O)cc1. The maximum absolute atomic E-state index is 12.2. The van der Waals surface area contributed by atoms with Crippen LogP contribution in [0.3, 0.4) is 0 Å². The quantitative estimate of drug-likeness (QED) is 0.515. The number of benzene rings is 2. The van der Waals surface area contributed by atoms with Crippen molar-refractivity contribution in [2.75, 3.05) is 10.6 Å². The lowest BCUT2D eigenvalue weighted by Gasteiger charge is -2.08. The van der Waals surface area contributed by atoms with E-state index in [4.69, 9.17) is 33.6 Å². The van der Waals surface area contributed by atoms with E-state index in [1.807, 2.05) is 0 Å². The molecule has 0 bridgehead atoms. The number of nitrogens with two attached hydrogens (primary N) is 1. The third kappa shape index (κ3) is 4.97. The van der Waals surface area contributed by atoms with Gasteiger partial charge in [0.2, 0.25) is 10.0 Å². The largest absolute Gasteiger partial charge is 0.358 e. The zero-order chi connectivity index (χ0) is 19.3. The van der Waals surface area contributed by atoms with E-state index in [9.17, 15) is 13.2 Å². The Bertz CT molecular complexity index is 993. The molecule has 0 radical (unpaired) electrons. The van der Waals surface area contributed by atoms with Crippen LogP contribution in [-0.2, 0) is 14.8 Å². The number of carbonyl (C=O) groups is 1. The summed E-state index contributed by atoms with van der Waals surface area (Å²) in [5, 5.41) is 20.0. The van der Waals surface area contributed by atoms with Gasteiger partial charge in [-0.15, -0.1) is 0 Å². The lowest BCUT2D eigenvalue weighted by Crippen LogP contribution is -2.15. The van der Waals surface area contributed by atoms with Crippen molar-refractivity contribution in [2.45, 2.75) is 4.90 Å². The first-order valence-corrected chi connectivity index (χ1v) is 9.27. The molecule has 0 unspecified atom stereocenters. The molecule has 0 saturated carbocycles. The Morgan fingerprint density at radius 1 is 1.12 bits per heavy atom. The van der Waals surface area contributed by atoms with Gasteiger partial charge in [-0.05, 0) is 36.4 Å². The molecule has 0 spiro atoms. The van der Waals surface area contributed by atoms with Gasteiger partial charge in [-0.25, -0.2) is 13.6 Å². The third-order valence-electron chi connectivity index (χ3n) is 3.13. The van der Waals surface area contributed by atoms with Crippen LogP contribution < -0.4 is 15.8 Å². The molecule has 4 N–H and O–H groups in total. The molecule has 1 amide bonds. The van der Waals surface area contributed by atoms with Crippen molar-refractivity contribution < 1.29 is 13.2 Å². The fourth-order valence-electron chi connectivity index (χ4n) is 1.86. The monoisotopic (exact) mass is 410 g/mol. The topological polar surface area (TPSA) is 125 Å². The molecule has 2 rings (SSSR count). The van der Waals surface area contributed by atoms with Crippen LogP contribution in [0.5, 0.6) is 0 Å². The minimum atomic E-state index is -3.83. The van der Waals surface area contributed by atoms with Gasteiger partial charge in [0.15, 0.2) is 0 Å². The predicted octanol–water partition coefficient (Wildman–Crippen LogP) is 3.10. The van der Waals surface area contributed by atoms with Gasteiger partial charge in [0.25, 0.3) is 5.91 Å². The van der Waals surface area contributed by atoms with Gasteiger partial charge in [-0.2, -0.15) is 5.26 Å². The molecular weight excluding hydrogens is 399 g/mol. The van der Waals surface area contributed by atoms with Crippen molar-refractivity contribution in [2.24, 2.45) is 5.14 Å². The summed E-state index contributed by atoms with van der Waals surface area (Å²) in [6.07, 6.45) is 1.17. The lowest BCUT2D eigenvalue weighted by atomic mass is 10.2. The maximum Gasteiger partial charge on any atom is 0.267 e. The van der Waals surface area contributed by atoms with Gasteiger partial charge >= 0.3 is 0 Å². The maximum atomic E-state index is 12.2. The number of amides is 1. The van der Waals surface area contributed by atoms with Gasteiger partial charge in [0, 0.05) is 11.9 Å². The Kier molecular flexibility index (Phi) is 6.23. The van der Waals surface area contributed by atoms with Gasteiger partial charge in [0.1, 0.15) is 11.6 Å². The van der Waals surface area contributed by atoms with Crippen molar-refractivity contribution >= 4 is 50.5 Å². The number of nitrogens with one attached hydrogen (secondary N) is 2. The van der Waals surface area contributed by atoms with E-state index >= 15 is 0 Å². The molecule has 7 nitrogen and oxygen atoms in total. The number of primary sulfonamides is 1. The second-order valence-corrected chi connectivity index (χ2v) is 7.31. The average molecular weight is 411 g/mol. The number of hydrogen-bond acceptors (Lipinski definition) is 5. The van der Waals surface area contributed by atoms with E-state index in [1.54, 1.807) is 24.3 Å². The molecule has 0 heterocycles. The molecule has 2 aromatic rings. The Hall–Kier alpha value is -2.57. The number of nitrogens with zero attached hydrogens (tertiary/aromatic N) is 1. The van der Waals surface area contributed by atoms with Gasteiger partial charge in [-0.3, -0.25) is 4.79 Å². The zero-order valence-electron chi connectivity index (χ0n) is 13.0. The second kappa shape index (κ2) is 8.21. The number of sulfonamides is 1. The van der Waals surface area contributed by atoms with E-state index in [-0.39, 0.29) is 10.5 Å². The smallest absolute Gasteiger partial charge is 0.267 e. The van der Waals surface area contributed by atoms with E-state index in [0.717, 1.165) is 0 Å². The summed E-state index contributed by atoms with van der Waals surface area (Å²) in [4.78, 5) is 12.1. The zero-order valence-corrected chi connectivity index (χ0v) is 15.4. The third-order valence-corrected chi connectivity index (χ3v) is 4.69. The normalized spacial score (nSPS) is 11.5. The lowest BCUT2D eigenvalue weighted by molar-refractivity contribution is -0.112. The molecule has 0 aromatic heterocycles. The molecule has 0 fully saturated rings. The fourth-order valence-corrected chi connectivity index (χ4v) is 2.88. The fraction of sp³-hybridized carbons (Fsp3) is 0. The number of hydrogen-bond donors (Lipinski definition) is 3. The van der Waals surface area contributed by atoms with E-state index in [1.165, 1.54) is 30.5 Å². The molecule has 26 heavy (non-hydrogen) atoms. The molecule has 10 heteroatoms. The minimum Gasteiger partial charge on any atom is -0.358 e. The van der Waals surface area contributed by atoms with E-state index in [0.29, 0.717) is 21.4 Å². The Morgan fingerprint density at radius 3 is 2.19 bits per heavy atom. The molecular formula is C16H12Cl2N4O3S. The Morgan fingerprint density at radius 2 is 1.69 bits per heavy atom. The van der Waals surface area contributed by atoms with Crippen molar-refractivity contribution in [1.29, 1.82) is 5.26 Å². The van der Waals surface area contributed by atoms with Crippen LogP contribution in [0.15, 0.2) is 59.1 Å². The summed E-state index contributed by atoms with van der Waals surface area (Å²) in [5.74, 6) is -0.702. The first-order valence-electron chi connectivity index (χ1n) is 6.97. The van der Waals surface area contributed by atoms with Crippen molar-refractivity contribution in [3.8, 4) is 6.07 Å². The Balaban J connectivity index is 2.15. The molecule has 0 saturated heterocycles. The highest BCUT2D eigenvalue weighted by Gasteiger charge is 2.12. The number of anilines is 2. The highest BCUT2D eigenvalue weighted by Crippen LogP contribution is 2.29. The summed E-state index contributed by atoms with van der Waals surface area (Å²) >= 11 is 12.0. The molecule has 2 aromatic carbocycles. The van der Waals surface area contributed by atoms with E-state index < -0.39 is 15.9 Å². The number of rotatable bonds is 5. The van der Waals surface area contributed by atoms with Crippen LogP contribution in [0.4, 0.5) is 11.4 Å². The highest BCUT2D eigenvalue weighted by atomic mass is 35.5. The van der Waals surface area contributed by atoms with Crippen molar-refractivity contribution in [3.63, 3.8) is 0 Å². The first kappa shape index (κ1) is 19.8. The van der Waals surface area contributed by atoms with E-state index in [2.05, 4.69) is 10.6 Å². The first-order chi connectivity index (χ1) is 12.2. The Labute approximate surface area is 160 Å². The summed E-state index contributed by atoms with van der Waals surface area (Å²) < 4.78 is 22.4. The molecule has 0 aliphatic carbocycles. The standard InChI is InChI=1S/C16H12Cl2N4O3S/c17-13-2-1-3-14(18)15(13)21-9-10(8-19)16(23)22-11-4-6-12(7-5-11)26(20,24)25/h1-7,9,21H,(H,22,23)(H2,20,24,25)/b10-9-. The highest BCUT2D eigenvalue weighted by molar-refractivity contribution is 7.89. The van der Waals surface area contributed by atoms with Crippen molar-refractivity contribution in [3.05, 3.63) is 64.3 Å². The van der Waals surface area contributed by atoms with Gasteiger partial charge < -0.3 is 10.6 Å². The summed E-state index contributed by atoms with van der Waals surface area (Å²) in [6.45, 7) is 0. The van der Waals surface area contributed by atoms with Crippen LogP contribution in [0.1, 0.15) is 0 Å². The van der Waals surface area contributed by atoms with Crippen LogP contribution in [-0.4, -0.2) is 14.3 Å². The molecule has 0 atom stereocenters. The van der Waals surface area contributed by atoms with Crippen LogP contribution in [0.2, 0.25) is 10.0 Å². The minimum absolute atomic E-state index is 0.0958. The van der Waals surface area contributed by atoms with Gasteiger partial charge in [-0.1, -0.05) is 29.3 Å². The summed E-state index contributed by atoms with van der Waals surface area (Å²) in [6, 6.07) is 11.8. The number of para-hydroxylation sites is 1. The van der Waals surface area contributed by atoms with Crippen LogP contribution >= 0.6 is 23.2 Å². The number of nitriles is 1. The summed E-state index contributed by atoms with van der Waals surface area (Å²) in [5.41, 5.74) is 0.407. The molecule has 0 aliphatic heterocycles. The molecule has 0 aliphatic rings. The average Bonchev–Trinajstić information content (AvgIpc) is 2.57. The van der Waals surface area contributed by atoms with Crippen LogP contribution in [0.25, 0.3) is 0 Å². The van der Waals surface area contributed by atoms with Gasteiger partial charge in [0.05, 0.1) is 20.6 Å². The number of halogens is 2.